The van der Waals surface area contributed by atoms with Gasteiger partial charge in [0, 0.05) is 36.5 Å². The highest BCUT2D eigenvalue weighted by Gasteiger charge is 2.26. The number of thiocarbonyl (C=S) groups is 1. The van der Waals surface area contributed by atoms with Crippen LogP contribution in [0.3, 0.4) is 0 Å². The number of nitrogens with two attached hydrogens (primary N) is 1. The number of halogens is 1. The van der Waals surface area contributed by atoms with Gasteiger partial charge in [0.1, 0.15) is 0 Å². The van der Waals surface area contributed by atoms with E-state index in [9.17, 15) is 4.91 Å². The zero-order chi connectivity index (χ0) is 18.7. The van der Waals surface area contributed by atoms with Crippen LogP contribution >= 0.6 is 24.6 Å². The molecule has 2 aromatic rings. The molecule has 0 atom stereocenters. The van der Waals surface area contributed by atoms with Crippen LogP contribution in [-0.4, -0.2) is 23.0 Å². The molecule has 0 fully saturated rings. The Morgan fingerprint density at radius 1 is 1.22 bits per heavy atom. The normalized spacial score (nSPS) is 13.3. The Balaban J connectivity index is 0.00000261. The van der Waals surface area contributed by atoms with Crippen LogP contribution in [0.15, 0.2) is 59.4 Å². The largest absolute Gasteiger partial charge is 0.369 e. The summed E-state index contributed by atoms with van der Waals surface area (Å²) in [6, 6.07) is 16.1. The van der Waals surface area contributed by atoms with Gasteiger partial charge in [-0.25, -0.2) is 0 Å². The van der Waals surface area contributed by atoms with E-state index in [0.29, 0.717) is 18.0 Å². The average molecular weight is 402 g/mol. The number of nitroso groups, excluding NO2 is 1. The maximum Gasteiger partial charge on any atom is 0.177 e. The molecule has 0 spiro atoms. The van der Waals surface area contributed by atoms with Crippen LogP contribution in [0.2, 0.25) is 0 Å². The van der Waals surface area contributed by atoms with Crippen LogP contribution < -0.4 is 5.73 Å². The van der Waals surface area contributed by atoms with Crippen molar-refractivity contribution in [2.75, 3.05) is 13.1 Å². The lowest BCUT2D eigenvalue weighted by atomic mass is 9.87. The standard InChI is InChI=1S/C21H23N3OS.ClH/c1-14(2)12-24-13-17-9-8-16(21(26)23-25)10-18(17)20(19(24)11-22)15-6-4-3-5-7-15;/h3-10,14H,11-13,22H2,1-2H3;1H. The first-order valence-corrected chi connectivity index (χ1v) is 9.20. The molecule has 0 saturated heterocycles. The van der Waals surface area contributed by atoms with E-state index in [1.54, 1.807) is 0 Å². The van der Waals surface area contributed by atoms with E-state index in [1.165, 1.54) is 5.56 Å². The summed E-state index contributed by atoms with van der Waals surface area (Å²) in [5.74, 6) is 0.529. The Morgan fingerprint density at radius 3 is 2.52 bits per heavy atom. The summed E-state index contributed by atoms with van der Waals surface area (Å²) >= 11 is 5.09. The second kappa shape index (κ2) is 9.22. The van der Waals surface area contributed by atoms with Gasteiger partial charge in [0.05, 0.1) is 0 Å². The molecule has 0 bridgehead atoms. The number of fused-ring (bicyclic) bond motifs is 1. The van der Waals surface area contributed by atoms with Crippen molar-refractivity contribution in [3.63, 3.8) is 0 Å². The number of benzene rings is 2. The SMILES string of the molecule is CC(C)CN1Cc2ccc(C(=S)N=O)cc2C(c2ccccc2)=C1CN.Cl. The molecule has 27 heavy (non-hydrogen) atoms. The van der Waals surface area contributed by atoms with Gasteiger partial charge in [-0.15, -0.1) is 17.3 Å². The predicted octanol–water partition coefficient (Wildman–Crippen LogP) is 4.74. The minimum atomic E-state index is 0. The molecular weight excluding hydrogens is 378 g/mol. The summed E-state index contributed by atoms with van der Waals surface area (Å²) < 4.78 is 0. The van der Waals surface area contributed by atoms with E-state index in [1.807, 2.05) is 36.4 Å². The Labute approximate surface area is 171 Å². The van der Waals surface area contributed by atoms with Crippen molar-refractivity contribution in [3.05, 3.63) is 81.4 Å². The fourth-order valence-corrected chi connectivity index (χ4v) is 3.65. The monoisotopic (exact) mass is 401 g/mol. The molecule has 4 nitrogen and oxygen atoms in total. The molecule has 1 aliphatic heterocycles. The molecule has 2 aromatic carbocycles. The summed E-state index contributed by atoms with van der Waals surface area (Å²) in [6.45, 7) is 6.62. The second-order valence-electron chi connectivity index (χ2n) is 6.93. The fraction of sp³-hybridized carbons (Fsp3) is 0.286. The van der Waals surface area contributed by atoms with Gasteiger partial charge in [-0.05, 0) is 33.9 Å². The molecule has 0 aromatic heterocycles. The Hall–Kier alpha value is -2.08. The molecule has 0 amide bonds. The Morgan fingerprint density at radius 2 is 1.93 bits per heavy atom. The van der Waals surface area contributed by atoms with Gasteiger partial charge in [0.2, 0.25) is 0 Å². The number of hydrogen-bond donors (Lipinski definition) is 1. The highest BCUT2D eigenvalue weighted by atomic mass is 35.5. The number of nitrogens with zero attached hydrogens (tertiary/aromatic N) is 2. The summed E-state index contributed by atoms with van der Waals surface area (Å²) in [7, 11) is 0. The van der Waals surface area contributed by atoms with Crippen LogP contribution in [0.5, 0.6) is 0 Å². The third-order valence-electron chi connectivity index (χ3n) is 4.58. The first-order chi connectivity index (χ1) is 12.5. The third kappa shape index (κ3) is 4.43. The molecule has 0 unspecified atom stereocenters. The number of rotatable bonds is 5. The van der Waals surface area contributed by atoms with Gasteiger partial charge in [0.15, 0.2) is 4.99 Å². The van der Waals surface area contributed by atoms with Crippen LogP contribution in [0, 0.1) is 10.8 Å². The third-order valence-corrected chi connectivity index (χ3v) is 4.89. The number of hydrogen-bond acceptors (Lipinski definition) is 4. The minimum Gasteiger partial charge on any atom is -0.369 e. The summed E-state index contributed by atoms with van der Waals surface area (Å²) in [6.07, 6.45) is 0. The van der Waals surface area contributed by atoms with Crippen molar-refractivity contribution in [1.82, 2.24) is 4.90 Å². The summed E-state index contributed by atoms with van der Waals surface area (Å²) in [5.41, 5.74) is 12.5. The van der Waals surface area contributed by atoms with Gasteiger partial charge in [-0.2, -0.15) is 0 Å². The van der Waals surface area contributed by atoms with Crippen molar-refractivity contribution in [3.8, 4) is 0 Å². The molecule has 2 N–H and O–H groups in total. The van der Waals surface area contributed by atoms with Crippen LogP contribution in [0.1, 0.15) is 36.1 Å². The maximum absolute atomic E-state index is 10.9. The van der Waals surface area contributed by atoms with Crippen molar-refractivity contribution in [2.24, 2.45) is 16.8 Å². The first kappa shape index (κ1) is 21.2. The molecule has 3 rings (SSSR count). The molecule has 1 aliphatic rings. The first-order valence-electron chi connectivity index (χ1n) is 8.79. The van der Waals surface area contributed by atoms with E-state index in [4.69, 9.17) is 18.0 Å². The van der Waals surface area contributed by atoms with Crippen molar-refractivity contribution < 1.29 is 0 Å². The Kier molecular flexibility index (Phi) is 7.25. The zero-order valence-corrected chi connectivity index (χ0v) is 17.1. The van der Waals surface area contributed by atoms with E-state index in [0.717, 1.165) is 35.5 Å². The van der Waals surface area contributed by atoms with E-state index < -0.39 is 0 Å². The van der Waals surface area contributed by atoms with Gasteiger partial charge in [-0.1, -0.05) is 68.5 Å². The van der Waals surface area contributed by atoms with Crippen molar-refractivity contribution >= 4 is 35.2 Å². The lowest BCUT2D eigenvalue weighted by Gasteiger charge is -2.36. The molecule has 142 valence electrons. The van der Waals surface area contributed by atoms with Crippen LogP contribution in [-0.2, 0) is 6.54 Å². The van der Waals surface area contributed by atoms with Crippen molar-refractivity contribution in [1.29, 1.82) is 0 Å². The summed E-state index contributed by atoms with van der Waals surface area (Å²) in [5, 5.41) is 2.93. The molecule has 1 heterocycles. The van der Waals surface area contributed by atoms with E-state index in [2.05, 4.69) is 36.1 Å². The fourth-order valence-electron chi connectivity index (χ4n) is 3.52. The quantitative estimate of drug-likeness (QED) is 0.580. The summed E-state index contributed by atoms with van der Waals surface area (Å²) in [4.78, 5) is 13.3. The molecule has 0 saturated carbocycles. The minimum absolute atomic E-state index is 0. The van der Waals surface area contributed by atoms with E-state index in [-0.39, 0.29) is 17.4 Å². The molecule has 0 aliphatic carbocycles. The van der Waals surface area contributed by atoms with Crippen LogP contribution in [0.4, 0.5) is 0 Å². The smallest absolute Gasteiger partial charge is 0.177 e. The van der Waals surface area contributed by atoms with Gasteiger partial charge < -0.3 is 10.6 Å². The molecule has 6 heteroatoms. The lowest BCUT2D eigenvalue weighted by molar-refractivity contribution is 0.291. The van der Waals surface area contributed by atoms with Gasteiger partial charge in [-0.3, -0.25) is 0 Å². The van der Waals surface area contributed by atoms with Gasteiger partial charge in [0.25, 0.3) is 0 Å². The lowest BCUT2D eigenvalue weighted by Crippen LogP contribution is -2.34. The predicted molar refractivity (Wildman–Crippen MR) is 118 cm³/mol. The van der Waals surface area contributed by atoms with Crippen LogP contribution in [0.25, 0.3) is 5.57 Å². The highest BCUT2D eigenvalue weighted by Crippen LogP contribution is 2.37. The molecular formula is C21H24ClN3OS. The molecule has 0 radical (unpaired) electrons. The highest BCUT2D eigenvalue weighted by molar-refractivity contribution is 7.80. The Bertz CT molecular complexity index is 865. The average Bonchev–Trinajstić information content (AvgIpc) is 2.66. The zero-order valence-electron chi connectivity index (χ0n) is 15.5. The maximum atomic E-state index is 10.9. The topological polar surface area (TPSA) is 58.7 Å². The van der Waals surface area contributed by atoms with E-state index >= 15 is 0 Å². The van der Waals surface area contributed by atoms with Gasteiger partial charge >= 0.3 is 0 Å². The second-order valence-corrected chi connectivity index (χ2v) is 7.32. The van der Waals surface area contributed by atoms with Crippen molar-refractivity contribution in [2.45, 2.75) is 20.4 Å².